The molecule has 0 heterocycles. The highest BCUT2D eigenvalue weighted by molar-refractivity contribution is 6.62. The molecule has 3 amide bonds. The van der Waals surface area contributed by atoms with Gasteiger partial charge >= 0.3 is 26.2 Å². The van der Waals surface area contributed by atoms with E-state index in [1.807, 2.05) is 20.8 Å². The number of hydrogen-bond donors (Lipinski definition) is 10. The zero-order valence-corrected chi connectivity index (χ0v) is 31.4. The number of unbranched alkanes of at least 4 members (excludes halogenated alkanes) is 9. The second kappa shape index (κ2) is 32.2. The molecule has 10 N–H and O–H groups in total. The first kappa shape index (κ1) is 50.6. The summed E-state index contributed by atoms with van der Waals surface area (Å²) in [6.07, 6.45) is 10.7. The molecule has 0 saturated heterocycles. The van der Waals surface area contributed by atoms with Gasteiger partial charge in [-0.1, -0.05) is 78.2 Å². The third-order valence-electron chi connectivity index (χ3n) is 8.14. The van der Waals surface area contributed by atoms with E-state index in [2.05, 4.69) is 16.0 Å². The standard InChI is InChI=1S/C32H53B2N3O11.C2H6.CH4O/c1-2-23(31(41)42)14-11-13-18-35-28(38)17-16-27(32(43)44)37-29(39)15-10-8-6-4-3-5-7-9-12-19-36-30(40)24-20-25(33(45)46)22-26(21-24)34(47)48;2*1-2/h20-23,27,45-48H,2-19H2,1H3,(H,35,38)(H,36,40)(H,37,39)(H,41,42)(H,43,44);1-2H3;2H,1H3/t23-,27-;;/m0../s1. The zero-order chi connectivity index (χ0) is 39.9. The lowest BCUT2D eigenvalue weighted by Crippen LogP contribution is -2.41. The van der Waals surface area contributed by atoms with Crippen LogP contribution in [0.4, 0.5) is 0 Å². The normalized spacial score (nSPS) is 11.4. The summed E-state index contributed by atoms with van der Waals surface area (Å²) in [5, 5.41) is 70.9. The summed E-state index contributed by atoms with van der Waals surface area (Å²) >= 11 is 0. The van der Waals surface area contributed by atoms with E-state index in [9.17, 15) is 49.2 Å². The number of carboxylic acids is 2. The lowest BCUT2D eigenvalue weighted by atomic mass is 9.72. The van der Waals surface area contributed by atoms with Crippen molar-refractivity contribution in [2.45, 2.75) is 130 Å². The van der Waals surface area contributed by atoms with Gasteiger partial charge in [-0.2, -0.15) is 0 Å². The van der Waals surface area contributed by atoms with Crippen molar-refractivity contribution in [2.75, 3.05) is 20.2 Å². The Hall–Kier alpha value is -3.50. The van der Waals surface area contributed by atoms with Crippen LogP contribution in [0, 0.1) is 5.92 Å². The van der Waals surface area contributed by atoms with Crippen LogP contribution in [0.2, 0.25) is 0 Å². The molecular formula is C35H63B2N3O12. The van der Waals surface area contributed by atoms with E-state index in [0.29, 0.717) is 45.2 Å². The molecule has 0 unspecified atom stereocenters. The molecule has 0 aliphatic heterocycles. The molecule has 2 atom stereocenters. The van der Waals surface area contributed by atoms with Crippen molar-refractivity contribution in [1.29, 1.82) is 0 Å². The minimum Gasteiger partial charge on any atom is -0.481 e. The van der Waals surface area contributed by atoms with Gasteiger partial charge in [0.25, 0.3) is 5.91 Å². The van der Waals surface area contributed by atoms with Gasteiger partial charge in [-0.25, -0.2) is 4.79 Å². The lowest BCUT2D eigenvalue weighted by Gasteiger charge is -2.14. The van der Waals surface area contributed by atoms with E-state index in [1.54, 1.807) is 0 Å². The number of carbonyl (C=O) groups is 5. The Kier molecular flexibility index (Phi) is 31.3. The monoisotopic (exact) mass is 739 g/mol. The van der Waals surface area contributed by atoms with Crippen molar-refractivity contribution in [3.63, 3.8) is 0 Å². The minimum atomic E-state index is -1.85. The SMILES string of the molecule is CC.CC[C@@H](CCCCNC(=O)CC[C@H](NC(=O)CCCCCCCCCCCNC(=O)c1cc(B(O)O)cc(B(O)O)c1)C(=O)O)C(=O)O.CO. The number of aliphatic hydroxyl groups is 1. The largest absolute Gasteiger partial charge is 0.488 e. The molecule has 0 aromatic heterocycles. The summed E-state index contributed by atoms with van der Waals surface area (Å²) in [4.78, 5) is 59.3. The second-order valence-electron chi connectivity index (χ2n) is 12.1. The van der Waals surface area contributed by atoms with E-state index >= 15 is 0 Å². The van der Waals surface area contributed by atoms with Gasteiger partial charge in [0.2, 0.25) is 11.8 Å². The highest BCUT2D eigenvalue weighted by atomic mass is 16.4. The fraction of sp³-hybridized carbons (Fsp3) is 0.686. The maximum absolute atomic E-state index is 12.4. The number of benzene rings is 1. The molecule has 1 rings (SSSR count). The molecule has 0 fully saturated rings. The Balaban J connectivity index is 0. The number of nitrogens with one attached hydrogen (secondary N) is 3. The summed E-state index contributed by atoms with van der Waals surface area (Å²) < 4.78 is 0. The number of amides is 3. The predicted octanol–water partition coefficient (Wildman–Crippen LogP) is 1.06. The van der Waals surface area contributed by atoms with E-state index in [4.69, 9.17) is 10.2 Å². The summed E-state index contributed by atoms with van der Waals surface area (Å²) in [7, 11) is -2.69. The van der Waals surface area contributed by atoms with Crippen molar-refractivity contribution >= 4 is 54.8 Å². The molecule has 0 bridgehead atoms. The van der Waals surface area contributed by atoms with Gasteiger partial charge in [-0.05, 0) is 61.6 Å². The van der Waals surface area contributed by atoms with Gasteiger partial charge in [0.1, 0.15) is 6.04 Å². The molecule has 0 saturated carbocycles. The Morgan fingerprint density at radius 3 is 1.58 bits per heavy atom. The Labute approximate surface area is 309 Å². The Bertz CT molecular complexity index is 1130. The van der Waals surface area contributed by atoms with Crippen LogP contribution < -0.4 is 26.9 Å². The summed E-state index contributed by atoms with van der Waals surface area (Å²) in [5.74, 6) is -3.51. The van der Waals surface area contributed by atoms with Crippen LogP contribution in [0.15, 0.2) is 18.2 Å². The quantitative estimate of drug-likeness (QED) is 0.0449. The number of rotatable bonds is 27. The summed E-state index contributed by atoms with van der Waals surface area (Å²) in [6, 6.07) is 2.64. The summed E-state index contributed by atoms with van der Waals surface area (Å²) in [5.41, 5.74) is 0.0782. The average molecular weight is 740 g/mol. The van der Waals surface area contributed by atoms with Gasteiger partial charge in [-0.3, -0.25) is 19.2 Å². The first-order valence-electron chi connectivity index (χ1n) is 18.5. The van der Waals surface area contributed by atoms with Gasteiger partial charge in [-0.15, -0.1) is 0 Å². The van der Waals surface area contributed by atoms with Crippen LogP contribution in [0.25, 0.3) is 0 Å². The third-order valence-corrected chi connectivity index (χ3v) is 8.14. The summed E-state index contributed by atoms with van der Waals surface area (Å²) in [6.45, 7) is 6.64. The van der Waals surface area contributed by atoms with Crippen molar-refractivity contribution < 1.29 is 59.4 Å². The van der Waals surface area contributed by atoms with Crippen molar-refractivity contribution in [2.24, 2.45) is 5.92 Å². The third kappa shape index (κ3) is 24.6. The van der Waals surface area contributed by atoms with Crippen LogP contribution in [0.5, 0.6) is 0 Å². The fourth-order valence-corrected chi connectivity index (χ4v) is 5.19. The van der Waals surface area contributed by atoms with E-state index in [1.165, 1.54) is 18.2 Å². The van der Waals surface area contributed by atoms with Crippen LogP contribution in [-0.2, 0) is 19.2 Å². The second-order valence-corrected chi connectivity index (χ2v) is 12.1. The lowest BCUT2D eigenvalue weighted by molar-refractivity contribution is -0.142. The van der Waals surface area contributed by atoms with Gasteiger partial charge in [0, 0.05) is 38.6 Å². The number of aliphatic carboxylic acids is 2. The maximum Gasteiger partial charge on any atom is 0.488 e. The van der Waals surface area contributed by atoms with Gasteiger partial charge < -0.3 is 51.4 Å². The van der Waals surface area contributed by atoms with Gasteiger partial charge in [0.05, 0.1) is 5.92 Å². The number of carboxylic acid groups (broad SMARTS) is 2. The molecule has 52 heavy (non-hydrogen) atoms. The van der Waals surface area contributed by atoms with Crippen LogP contribution in [0.1, 0.15) is 134 Å². The van der Waals surface area contributed by atoms with E-state index < -0.39 is 38.1 Å². The molecule has 0 aliphatic rings. The molecule has 0 radical (unpaired) electrons. The molecule has 0 aliphatic carbocycles. The molecule has 296 valence electrons. The molecule has 17 heteroatoms. The zero-order valence-electron chi connectivity index (χ0n) is 31.4. The first-order valence-corrected chi connectivity index (χ1v) is 18.5. The van der Waals surface area contributed by atoms with Gasteiger partial charge in [0.15, 0.2) is 0 Å². The van der Waals surface area contributed by atoms with Crippen molar-refractivity contribution in [1.82, 2.24) is 16.0 Å². The molecule has 1 aromatic rings. The fourth-order valence-electron chi connectivity index (χ4n) is 5.19. The predicted molar refractivity (Wildman–Crippen MR) is 201 cm³/mol. The maximum atomic E-state index is 12.4. The van der Waals surface area contributed by atoms with E-state index in [0.717, 1.165) is 58.5 Å². The van der Waals surface area contributed by atoms with Crippen molar-refractivity contribution in [3.05, 3.63) is 23.8 Å². The highest BCUT2D eigenvalue weighted by Gasteiger charge is 2.22. The molecule has 15 nitrogen and oxygen atoms in total. The number of carbonyl (C=O) groups excluding carboxylic acids is 3. The van der Waals surface area contributed by atoms with Crippen LogP contribution in [0.3, 0.4) is 0 Å². The number of aliphatic hydroxyl groups excluding tert-OH is 1. The van der Waals surface area contributed by atoms with Crippen LogP contribution in [-0.4, -0.2) is 106 Å². The smallest absolute Gasteiger partial charge is 0.481 e. The molecule has 0 spiro atoms. The topological polar surface area (TPSA) is 263 Å². The number of hydrogen-bond acceptors (Lipinski definition) is 10. The minimum absolute atomic E-state index is 0.0132. The Morgan fingerprint density at radius 1 is 0.615 bits per heavy atom. The molecule has 1 aromatic carbocycles. The van der Waals surface area contributed by atoms with E-state index in [-0.39, 0.29) is 53.5 Å². The van der Waals surface area contributed by atoms with Crippen molar-refractivity contribution in [3.8, 4) is 0 Å². The molecular weight excluding hydrogens is 676 g/mol. The highest BCUT2D eigenvalue weighted by Crippen LogP contribution is 2.13. The first-order chi connectivity index (χ1) is 24.8. The average Bonchev–Trinajstić information content (AvgIpc) is 3.12. The van der Waals surface area contributed by atoms with Crippen LogP contribution >= 0.6 is 0 Å². The Morgan fingerprint density at radius 2 is 1.10 bits per heavy atom.